The van der Waals surface area contributed by atoms with Gasteiger partial charge in [-0.3, -0.25) is 0 Å². The Morgan fingerprint density at radius 1 is 0.236 bits per heavy atom. The Morgan fingerprint density at radius 3 is 1.31 bits per heavy atom. The summed E-state index contributed by atoms with van der Waals surface area (Å²) >= 11 is 0. The lowest BCUT2D eigenvalue weighted by molar-refractivity contribution is 1.28. The van der Waals surface area contributed by atoms with Gasteiger partial charge in [-0.2, -0.15) is 0 Å². The number of hydrogen-bond donors (Lipinski definition) is 0. The van der Waals surface area contributed by atoms with Crippen LogP contribution in [0.1, 0.15) is 0 Å². The van der Waals surface area contributed by atoms with Gasteiger partial charge in [-0.15, -0.1) is 0 Å². The summed E-state index contributed by atoms with van der Waals surface area (Å²) < 4.78 is 0. The fourth-order valence-corrected chi connectivity index (χ4v) is 8.17. The van der Waals surface area contributed by atoms with Crippen LogP contribution in [0.25, 0.3) is 76.8 Å². The molecule has 1 nitrogen and oxygen atoms in total. The van der Waals surface area contributed by atoms with Gasteiger partial charge in [0.1, 0.15) is 0 Å². The summed E-state index contributed by atoms with van der Waals surface area (Å²) in [6.45, 7) is 0. The molecular formula is C54H37N. The summed E-state index contributed by atoms with van der Waals surface area (Å²) in [7, 11) is 0. The summed E-state index contributed by atoms with van der Waals surface area (Å²) in [4.78, 5) is 2.34. The Bertz CT molecular complexity index is 2930. The number of benzene rings is 10. The van der Waals surface area contributed by atoms with Gasteiger partial charge in [0.25, 0.3) is 0 Å². The second-order valence-corrected chi connectivity index (χ2v) is 14.1. The second-order valence-electron chi connectivity index (χ2n) is 14.1. The average molecular weight is 700 g/mol. The van der Waals surface area contributed by atoms with Crippen LogP contribution in [0.4, 0.5) is 17.1 Å². The minimum Gasteiger partial charge on any atom is -0.311 e. The van der Waals surface area contributed by atoms with E-state index >= 15 is 0 Å². The maximum Gasteiger partial charge on any atom is 0.0462 e. The third-order valence-corrected chi connectivity index (χ3v) is 10.9. The maximum absolute atomic E-state index is 2.37. The molecule has 0 radical (unpaired) electrons. The summed E-state index contributed by atoms with van der Waals surface area (Å²) in [5.74, 6) is 0. The molecule has 0 N–H and O–H groups in total. The third kappa shape index (κ3) is 6.02. The number of hydrogen-bond acceptors (Lipinski definition) is 1. The molecule has 0 aromatic heterocycles. The van der Waals surface area contributed by atoms with Crippen molar-refractivity contribution in [2.75, 3.05) is 4.90 Å². The van der Waals surface area contributed by atoms with Crippen LogP contribution >= 0.6 is 0 Å². The molecule has 0 atom stereocenters. The smallest absolute Gasteiger partial charge is 0.0462 e. The molecule has 0 saturated heterocycles. The zero-order chi connectivity index (χ0) is 36.6. The predicted octanol–water partition coefficient (Wildman–Crippen LogP) is 15.3. The molecule has 0 fully saturated rings. The second kappa shape index (κ2) is 14.0. The molecule has 258 valence electrons. The van der Waals surface area contributed by atoms with Gasteiger partial charge < -0.3 is 4.90 Å². The van der Waals surface area contributed by atoms with Crippen LogP contribution in [-0.2, 0) is 0 Å². The van der Waals surface area contributed by atoms with Crippen LogP contribution in [0, 0.1) is 0 Å². The highest BCUT2D eigenvalue weighted by Gasteiger charge is 2.18. The number of rotatable bonds is 7. The van der Waals surface area contributed by atoms with Crippen molar-refractivity contribution in [1.29, 1.82) is 0 Å². The molecule has 10 aromatic rings. The molecule has 0 spiro atoms. The molecule has 0 amide bonds. The van der Waals surface area contributed by atoms with Gasteiger partial charge >= 0.3 is 0 Å². The fourth-order valence-electron chi connectivity index (χ4n) is 8.17. The molecule has 0 heterocycles. The number of para-hydroxylation sites is 1. The number of anilines is 3. The molecule has 55 heavy (non-hydrogen) atoms. The van der Waals surface area contributed by atoms with Crippen LogP contribution in [-0.4, -0.2) is 0 Å². The number of nitrogens with zero attached hydrogens (tertiary/aromatic N) is 1. The summed E-state index contributed by atoms with van der Waals surface area (Å²) in [6.07, 6.45) is 0. The van der Waals surface area contributed by atoms with Gasteiger partial charge in [0.05, 0.1) is 0 Å². The molecule has 1 heteroatoms. The molecule has 10 aromatic carbocycles. The van der Waals surface area contributed by atoms with Gasteiger partial charge in [-0.05, 0) is 119 Å². The predicted molar refractivity (Wildman–Crippen MR) is 235 cm³/mol. The van der Waals surface area contributed by atoms with E-state index in [0.29, 0.717) is 0 Å². The zero-order valence-corrected chi connectivity index (χ0v) is 30.3. The zero-order valence-electron chi connectivity index (χ0n) is 30.3. The van der Waals surface area contributed by atoms with E-state index < -0.39 is 0 Å². The minimum atomic E-state index is 1.10. The summed E-state index contributed by atoms with van der Waals surface area (Å²) in [5, 5.41) is 7.55. The quantitative estimate of drug-likeness (QED) is 0.150. The van der Waals surface area contributed by atoms with Crippen molar-refractivity contribution in [3.63, 3.8) is 0 Å². The summed E-state index contributed by atoms with van der Waals surface area (Å²) in [5.41, 5.74) is 13.1. The maximum atomic E-state index is 2.37. The van der Waals surface area contributed by atoms with Crippen LogP contribution in [0.3, 0.4) is 0 Å². The largest absolute Gasteiger partial charge is 0.311 e. The van der Waals surface area contributed by atoms with E-state index in [4.69, 9.17) is 0 Å². The standard InChI is InChI=1S/C54H37N/c1-3-13-38(14-4-1)39-23-25-40(26-24-39)41-27-32-46(33-28-41)55(45-17-5-2-6-18-45)47-34-29-43(30-35-47)54-49-20-10-7-15-42(49)31-36-52(54)53-37-44-16-8-9-19-48(44)50-21-11-12-22-51(50)53/h1-37H. The molecular weight excluding hydrogens is 663 g/mol. The molecule has 0 bridgehead atoms. The van der Waals surface area contributed by atoms with Crippen LogP contribution in [0.2, 0.25) is 0 Å². The van der Waals surface area contributed by atoms with E-state index in [0.717, 1.165) is 17.1 Å². The van der Waals surface area contributed by atoms with Crippen molar-refractivity contribution in [3.05, 3.63) is 224 Å². The van der Waals surface area contributed by atoms with Crippen LogP contribution in [0.5, 0.6) is 0 Å². The van der Waals surface area contributed by atoms with E-state index in [1.807, 2.05) is 0 Å². The first-order chi connectivity index (χ1) is 27.3. The highest BCUT2D eigenvalue weighted by atomic mass is 15.1. The highest BCUT2D eigenvalue weighted by Crippen LogP contribution is 2.44. The van der Waals surface area contributed by atoms with Crippen molar-refractivity contribution >= 4 is 49.4 Å². The van der Waals surface area contributed by atoms with E-state index in [2.05, 4.69) is 229 Å². The van der Waals surface area contributed by atoms with E-state index in [9.17, 15) is 0 Å². The molecule has 0 saturated carbocycles. The lowest BCUT2D eigenvalue weighted by atomic mass is 9.86. The van der Waals surface area contributed by atoms with Crippen molar-refractivity contribution in [2.24, 2.45) is 0 Å². The fraction of sp³-hybridized carbons (Fsp3) is 0. The molecule has 0 aliphatic carbocycles. The Kier molecular flexibility index (Phi) is 8.24. The molecule has 10 rings (SSSR count). The monoisotopic (exact) mass is 699 g/mol. The number of fused-ring (bicyclic) bond motifs is 4. The lowest BCUT2D eigenvalue weighted by Crippen LogP contribution is -2.09. The first-order valence-electron chi connectivity index (χ1n) is 18.9. The van der Waals surface area contributed by atoms with E-state index in [1.54, 1.807) is 0 Å². The Morgan fingerprint density at radius 2 is 0.673 bits per heavy atom. The van der Waals surface area contributed by atoms with Gasteiger partial charge in [0.15, 0.2) is 0 Å². The van der Waals surface area contributed by atoms with Gasteiger partial charge in [-0.25, -0.2) is 0 Å². The van der Waals surface area contributed by atoms with Gasteiger partial charge in [0, 0.05) is 17.1 Å². The first-order valence-corrected chi connectivity index (χ1v) is 18.9. The van der Waals surface area contributed by atoms with E-state index in [-0.39, 0.29) is 0 Å². The average Bonchev–Trinajstić information content (AvgIpc) is 3.27. The van der Waals surface area contributed by atoms with Crippen molar-refractivity contribution in [3.8, 4) is 44.5 Å². The minimum absolute atomic E-state index is 1.10. The Balaban J connectivity index is 1.06. The lowest BCUT2D eigenvalue weighted by Gasteiger charge is -2.26. The third-order valence-electron chi connectivity index (χ3n) is 10.9. The Labute approximate surface area is 322 Å². The molecule has 0 unspecified atom stereocenters. The highest BCUT2D eigenvalue weighted by molar-refractivity contribution is 6.16. The van der Waals surface area contributed by atoms with Crippen LogP contribution in [0.15, 0.2) is 224 Å². The Hall–Kier alpha value is -7.22. The molecule has 0 aliphatic heterocycles. The van der Waals surface area contributed by atoms with Crippen molar-refractivity contribution < 1.29 is 0 Å². The van der Waals surface area contributed by atoms with Crippen molar-refractivity contribution in [2.45, 2.75) is 0 Å². The van der Waals surface area contributed by atoms with Gasteiger partial charge in [0.2, 0.25) is 0 Å². The first kappa shape index (κ1) is 32.4. The van der Waals surface area contributed by atoms with Crippen LogP contribution < -0.4 is 4.90 Å². The molecule has 0 aliphatic rings. The van der Waals surface area contributed by atoms with Crippen molar-refractivity contribution in [1.82, 2.24) is 0 Å². The van der Waals surface area contributed by atoms with E-state index in [1.165, 1.54) is 76.8 Å². The van der Waals surface area contributed by atoms with Gasteiger partial charge in [-0.1, -0.05) is 182 Å². The SMILES string of the molecule is c1ccc(-c2ccc(-c3ccc(N(c4ccccc4)c4ccc(-c5c(-c6cc7ccccc7c7ccccc67)ccc6ccccc56)cc4)cc3)cc2)cc1. The topological polar surface area (TPSA) is 3.24 Å². The summed E-state index contributed by atoms with van der Waals surface area (Å²) in [6, 6.07) is 81.3. The normalized spacial score (nSPS) is 11.3.